The second kappa shape index (κ2) is 8.37. The molecule has 0 radical (unpaired) electrons. The quantitative estimate of drug-likeness (QED) is 0.564. The van der Waals surface area contributed by atoms with Gasteiger partial charge in [0.15, 0.2) is 0 Å². The number of halogens is 3. The molecule has 0 bridgehead atoms. The highest BCUT2D eigenvalue weighted by atomic mass is 19.4. The maximum absolute atomic E-state index is 12.8. The minimum Gasteiger partial charge on any atom is -0.480 e. The average Bonchev–Trinajstić information content (AvgIpc) is 3.09. The van der Waals surface area contributed by atoms with Crippen LogP contribution in [-0.2, 0) is 15.7 Å². The Bertz CT molecular complexity index is 1110. The summed E-state index contributed by atoms with van der Waals surface area (Å²) in [5, 5.41) is 9.19. The number of carboxylic acid groups (broad SMARTS) is 1. The van der Waals surface area contributed by atoms with Gasteiger partial charge in [-0.05, 0) is 46.5 Å². The van der Waals surface area contributed by atoms with Crippen molar-refractivity contribution < 1.29 is 32.6 Å². The highest BCUT2D eigenvalue weighted by Gasteiger charge is 2.32. The lowest BCUT2D eigenvalue weighted by molar-refractivity contribution is -0.138. The van der Waals surface area contributed by atoms with Crippen LogP contribution in [0.4, 0.5) is 23.7 Å². The first-order chi connectivity index (χ1) is 15.3. The molecule has 3 aromatic rings. The third-order valence-corrected chi connectivity index (χ3v) is 5.36. The van der Waals surface area contributed by atoms with Gasteiger partial charge >= 0.3 is 18.2 Å². The zero-order valence-corrected chi connectivity index (χ0v) is 16.7. The van der Waals surface area contributed by atoms with Crippen LogP contribution >= 0.6 is 0 Å². The van der Waals surface area contributed by atoms with E-state index in [0.29, 0.717) is 0 Å². The van der Waals surface area contributed by atoms with Gasteiger partial charge in [-0.15, -0.1) is 0 Å². The monoisotopic (exact) mass is 441 g/mol. The number of ether oxygens (including phenoxy) is 1. The van der Waals surface area contributed by atoms with Crippen LogP contribution in [-0.4, -0.2) is 30.3 Å². The highest BCUT2D eigenvalue weighted by molar-refractivity contribution is 5.93. The molecule has 8 heteroatoms. The summed E-state index contributed by atoms with van der Waals surface area (Å²) < 4.78 is 43.9. The number of carbonyl (C=O) groups excluding carboxylic acids is 1. The Balaban J connectivity index is 1.55. The lowest BCUT2D eigenvalue weighted by Crippen LogP contribution is -2.36. The van der Waals surface area contributed by atoms with Crippen LogP contribution in [0.1, 0.15) is 22.6 Å². The molecule has 0 heterocycles. The minimum atomic E-state index is -4.54. The Hall–Kier alpha value is -3.81. The molecule has 0 atom stereocenters. The normalized spacial score (nSPS) is 12.7. The van der Waals surface area contributed by atoms with E-state index in [1.165, 1.54) is 0 Å². The van der Waals surface area contributed by atoms with Gasteiger partial charge in [0.2, 0.25) is 0 Å². The largest absolute Gasteiger partial charge is 0.480 e. The summed E-state index contributed by atoms with van der Waals surface area (Å²) >= 11 is 0. The lowest BCUT2D eigenvalue weighted by Gasteiger charge is -2.22. The fourth-order valence-electron chi connectivity index (χ4n) is 3.90. The van der Waals surface area contributed by atoms with Crippen molar-refractivity contribution in [3.8, 4) is 11.1 Å². The second-order valence-electron chi connectivity index (χ2n) is 7.33. The van der Waals surface area contributed by atoms with Gasteiger partial charge in [0.05, 0.1) is 5.56 Å². The van der Waals surface area contributed by atoms with Crippen LogP contribution < -0.4 is 4.90 Å². The molecule has 0 spiro atoms. The number of carboxylic acids is 1. The Morgan fingerprint density at radius 2 is 1.41 bits per heavy atom. The summed E-state index contributed by atoms with van der Waals surface area (Å²) in [6, 6.07) is 19.1. The van der Waals surface area contributed by atoms with Crippen molar-refractivity contribution in [1.82, 2.24) is 0 Å². The van der Waals surface area contributed by atoms with Crippen molar-refractivity contribution in [3.05, 3.63) is 89.5 Å². The predicted molar refractivity (Wildman–Crippen MR) is 111 cm³/mol. The number of nitrogens with zero attached hydrogens (tertiary/aromatic N) is 1. The summed E-state index contributed by atoms with van der Waals surface area (Å²) in [5.41, 5.74) is 3.15. The standard InChI is InChI=1S/C24H18F3NO4/c25-24(26,27)15-9-11-16(12-10-15)28(13-22(29)30)23(31)32-14-21-19-7-3-1-5-17(19)18-6-2-4-8-20(18)21/h1-12,21H,13-14H2,(H,29,30). The van der Waals surface area contributed by atoms with E-state index in [9.17, 15) is 27.9 Å². The van der Waals surface area contributed by atoms with Crippen molar-refractivity contribution in [2.24, 2.45) is 0 Å². The smallest absolute Gasteiger partial charge is 0.416 e. The van der Waals surface area contributed by atoms with E-state index in [-0.39, 0.29) is 18.2 Å². The van der Waals surface area contributed by atoms with Gasteiger partial charge in [-0.25, -0.2) is 4.79 Å². The number of aliphatic carboxylic acids is 1. The molecule has 1 amide bonds. The van der Waals surface area contributed by atoms with Gasteiger partial charge in [0, 0.05) is 11.6 Å². The fraction of sp³-hybridized carbons (Fsp3) is 0.167. The fourth-order valence-corrected chi connectivity index (χ4v) is 3.90. The molecule has 1 aliphatic carbocycles. The molecule has 4 rings (SSSR count). The molecule has 164 valence electrons. The van der Waals surface area contributed by atoms with Crippen LogP contribution in [0.25, 0.3) is 11.1 Å². The first-order valence-electron chi connectivity index (χ1n) is 9.77. The molecule has 1 N–H and O–H groups in total. The van der Waals surface area contributed by atoms with E-state index < -0.39 is 30.3 Å². The Kier molecular flexibility index (Phi) is 5.61. The molecular formula is C24H18F3NO4. The predicted octanol–water partition coefficient (Wildman–Crippen LogP) is 5.55. The molecule has 32 heavy (non-hydrogen) atoms. The van der Waals surface area contributed by atoms with Crippen LogP contribution in [0.15, 0.2) is 72.8 Å². The summed E-state index contributed by atoms with van der Waals surface area (Å²) in [5.74, 6) is -1.55. The number of benzene rings is 3. The Labute approximate surface area is 181 Å². The second-order valence-corrected chi connectivity index (χ2v) is 7.33. The van der Waals surface area contributed by atoms with Crippen molar-refractivity contribution >= 4 is 17.7 Å². The van der Waals surface area contributed by atoms with Gasteiger partial charge in [0.1, 0.15) is 13.2 Å². The van der Waals surface area contributed by atoms with Gasteiger partial charge in [-0.3, -0.25) is 9.69 Å². The zero-order chi connectivity index (χ0) is 22.9. The van der Waals surface area contributed by atoms with Gasteiger partial charge in [-0.2, -0.15) is 13.2 Å². The first-order valence-corrected chi connectivity index (χ1v) is 9.77. The SMILES string of the molecule is O=C(O)CN(C(=O)OCC1c2ccccc2-c2ccccc21)c1ccc(C(F)(F)F)cc1. The van der Waals surface area contributed by atoms with Crippen molar-refractivity contribution in [2.45, 2.75) is 12.1 Å². The molecule has 0 unspecified atom stereocenters. The van der Waals surface area contributed by atoms with Crippen molar-refractivity contribution in [2.75, 3.05) is 18.1 Å². The first kappa shape index (κ1) is 21.4. The number of alkyl halides is 3. The summed E-state index contributed by atoms with van der Waals surface area (Å²) in [6.45, 7) is -0.786. The third-order valence-electron chi connectivity index (χ3n) is 5.36. The maximum Gasteiger partial charge on any atom is 0.416 e. The van der Waals surface area contributed by atoms with Crippen LogP contribution in [0.3, 0.4) is 0 Å². The molecule has 1 aliphatic rings. The van der Waals surface area contributed by atoms with E-state index in [0.717, 1.165) is 51.4 Å². The molecule has 0 aliphatic heterocycles. The molecular weight excluding hydrogens is 423 g/mol. The van der Waals surface area contributed by atoms with E-state index in [1.807, 2.05) is 48.5 Å². The van der Waals surface area contributed by atoms with E-state index in [4.69, 9.17) is 4.74 Å². The zero-order valence-electron chi connectivity index (χ0n) is 16.7. The van der Waals surface area contributed by atoms with Gasteiger partial charge < -0.3 is 9.84 Å². The number of carbonyl (C=O) groups is 2. The number of rotatable bonds is 5. The van der Waals surface area contributed by atoms with Crippen LogP contribution in [0.5, 0.6) is 0 Å². The van der Waals surface area contributed by atoms with Crippen molar-refractivity contribution in [1.29, 1.82) is 0 Å². The number of hydrogen-bond acceptors (Lipinski definition) is 3. The van der Waals surface area contributed by atoms with Gasteiger partial charge in [-0.1, -0.05) is 48.5 Å². The summed E-state index contributed by atoms with van der Waals surface area (Å²) in [6.07, 6.45) is -5.49. The minimum absolute atomic E-state index is 0.00220. The van der Waals surface area contributed by atoms with Crippen LogP contribution in [0.2, 0.25) is 0 Å². The van der Waals surface area contributed by atoms with E-state index in [1.54, 1.807) is 0 Å². The van der Waals surface area contributed by atoms with E-state index in [2.05, 4.69) is 0 Å². The highest BCUT2D eigenvalue weighted by Crippen LogP contribution is 2.44. The van der Waals surface area contributed by atoms with E-state index >= 15 is 0 Å². The number of hydrogen-bond donors (Lipinski definition) is 1. The number of fused-ring (bicyclic) bond motifs is 3. The summed E-state index contributed by atoms with van der Waals surface area (Å²) in [4.78, 5) is 24.8. The Morgan fingerprint density at radius 3 is 1.91 bits per heavy atom. The number of anilines is 1. The Morgan fingerprint density at radius 1 is 0.875 bits per heavy atom. The molecule has 3 aromatic carbocycles. The topological polar surface area (TPSA) is 66.8 Å². The van der Waals surface area contributed by atoms with Crippen molar-refractivity contribution in [3.63, 3.8) is 0 Å². The summed E-state index contributed by atoms with van der Waals surface area (Å²) in [7, 11) is 0. The molecule has 0 fully saturated rings. The average molecular weight is 441 g/mol. The molecule has 0 saturated carbocycles. The maximum atomic E-state index is 12.8. The lowest BCUT2D eigenvalue weighted by atomic mass is 9.98. The van der Waals surface area contributed by atoms with Crippen LogP contribution in [0, 0.1) is 0 Å². The number of amides is 1. The van der Waals surface area contributed by atoms with Gasteiger partial charge in [0.25, 0.3) is 0 Å². The molecule has 0 saturated heterocycles. The molecule has 0 aromatic heterocycles. The molecule has 5 nitrogen and oxygen atoms in total. The third kappa shape index (κ3) is 4.16.